The first-order valence-electron chi connectivity index (χ1n) is 11.5. The van der Waals surface area contributed by atoms with Gasteiger partial charge < -0.3 is 19.5 Å². The van der Waals surface area contributed by atoms with Gasteiger partial charge in [-0.15, -0.1) is 10.2 Å². The SMILES string of the molecule is CCOc1ccccc1C(=O)NC(C(=O)N1CCCC(c2nncn2C(C)C)C1)C(C)C. The van der Waals surface area contributed by atoms with Crippen LogP contribution in [0.1, 0.15) is 75.6 Å². The molecule has 1 aliphatic rings. The summed E-state index contributed by atoms with van der Waals surface area (Å²) in [6, 6.07) is 6.77. The largest absolute Gasteiger partial charge is 0.493 e. The molecule has 2 unspecified atom stereocenters. The van der Waals surface area contributed by atoms with Crippen molar-refractivity contribution in [2.24, 2.45) is 5.92 Å². The van der Waals surface area contributed by atoms with Gasteiger partial charge in [-0.3, -0.25) is 9.59 Å². The van der Waals surface area contributed by atoms with Crippen molar-refractivity contribution in [3.63, 3.8) is 0 Å². The quantitative estimate of drug-likeness (QED) is 0.678. The zero-order valence-corrected chi connectivity index (χ0v) is 19.7. The molecule has 2 amide bonds. The van der Waals surface area contributed by atoms with Crippen molar-refractivity contribution in [1.82, 2.24) is 25.0 Å². The van der Waals surface area contributed by atoms with E-state index in [1.54, 1.807) is 24.5 Å². The molecule has 8 heteroatoms. The van der Waals surface area contributed by atoms with Gasteiger partial charge in [-0.2, -0.15) is 0 Å². The van der Waals surface area contributed by atoms with Crippen molar-refractivity contribution in [2.75, 3.05) is 19.7 Å². The number of amides is 2. The Kier molecular flexibility index (Phi) is 7.88. The third kappa shape index (κ3) is 5.29. The van der Waals surface area contributed by atoms with E-state index in [1.807, 2.05) is 31.7 Å². The van der Waals surface area contributed by atoms with Crippen molar-refractivity contribution in [2.45, 2.75) is 65.5 Å². The molecule has 1 aromatic carbocycles. The normalized spacial score (nSPS) is 17.5. The van der Waals surface area contributed by atoms with Gasteiger partial charge in [0.2, 0.25) is 5.91 Å². The molecule has 174 valence electrons. The molecule has 1 saturated heterocycles. The van der Waals surface area contributed by atoms with E-state index in [0.29, 0.717) is 31.0 Å². The van der Waals surface area contributed by atoms with Gasteiger partial charge in [0, 0.05) is 25.0 Å². The molecule has 2 heterocycles. The number of aromatic nitrogens is 3. The number of piperidine rings is 1. The summed E-state index contributed by atoms with van der Waals surface area (Å²) >= 11 is 0. The van der Waals surface area contributed by atoms with Gasteiger partial charge in [-0.1, -0.05) is 26.0 Å². The molecule has 3 rings (SSSR count). The molecular weight excluding hydrogens is 406 g/mol. The Morgan fingerprint density at radius 3 is 2.66 bits per heavy atom. The lowest BCUT2D eigenvalue weighted by atomic mass is 9.94. The molecule has 0 aliphatic carbocycles. The monoisotopic (exact) mass is 441 g/mol. The number of para-hydroxylation sites is 1. The van der Waals surface area contributed by atoms with Gasteiger partial charge in [-0.05, 0) is 51.7 Å². The van der Waals surface area contributed by atoms with Crippen LogP contribution < -0.4 is 10.1 Å². The van der Waals surface area contributed by atoms with Crippen LogP contribution >= 0.6 is 0 Å². The molecular formula is C24H35N5O3. The van der Waals surface area contributed by atoms with Gasteiger partial charge in [0.25, 0.3) is 5.91 Å². The molecule has 0 saturated carbocycles. The number of likely N-dealkylation sites (tertiary alicyclic amines) is 1. The first kappa shape index (κ1) is 23.8. The van der Waals surface area contributed by atoms with Crippen LogP contribution in [0.2, 0.25) is 0 Å². The third-order valence-corrected chi connectivity index (χ3v) is 5.91. The van der Waals surface area contributed by atoms with Crippen molar-refractivity contribution in [3.8, 4) is 5.75 Å². The van der Waals surface area contributed by atoms with Crippen molar-refractivity contribution < 1.29 is 14.3 Å². The van der Waals surface area contributed by atoms with Gasteiger partial charge in [-0.25, -0.2) is 0 Å². The summed E-state index contributed by atoms with van der Waals surface area (Å²) in [6.07, 6.45) is 3.62. The Morgan fingerprint density at radius 1 is 1.22 bits per heavy atom. The predicted octanol–water partition coefficient (Wildman–Crippen LogP) is 3.42. The fraction of sp³-hybridized carbons (Fsp3) is 0.583. The van der Waals surface area contributed by atoms with Crippen molar-refractivity contribution in [1.29, 1.82) is 0 Å². The van der Waals surface area contributed by atoms with Crippen LogP contribution in [-0.2, 0) is 4.79 Å². The maximum Gasteiger partial charge on any atom is 0.255 e. The molecule has 1 aliphatic heterocycles. The number of ether oxygens (including phenoxy) is 1. The van der Waals surface area contributed by atoms with Crippen LogP contribution in [0.25, 0.3) is 0 Å². The molecule has 32 heavy (non-hydrogen) atoms. The maximum atomic E-state index is 13.5. The van der Waals surface area contributed by atoms with E-state index >= 15 is 0 Å². The zero-order chi connectivity index (χ0) is 23.3. The first-order chi connectivity index (χ1) is 15.3. The number of rotatable bonds is 8. The van der Waals surface area contributed by atoms with E-state index < -0.39 is 6.04 Å². The minimum absolute atomic E-state index is 0.0506. The number of carbonyl (C=O) groups is 2. The number of benzene rings is 1. The van der Waals surface area contributed by atoms with Crippen LogP contribution in [0.15, 0.2) is 30.6 Å². The molecule has 1 fully saturated rings. The van der Waals surface area contributed by atoms with Crippen molar-refractivity contribution in [3.05, 3.63) is 42.0 Å². The zero-order valence-electron chi connectivity index (χ0n) is 19.7. The highest BCUT2D eigenvalue weighted by atomic mass is 16.5. The van der Waals surface area contributed by atoms with Crippen LogP contribution in [0, 0.1) is 5.92 Å². The number of hydrogen-bond acceptors (Lipinski definition) is 5. The molecule has 0 spiro atoms. The minimum Gasteiger partial charge on any atom is -0.493 e. The predicted molar refractivity (Wildman–Crippen MR) is 123 cm³/mol. The van der Waals surface area contributed by atoms with E-state index in [-0.39, 0.29) is 29.7 Å². The third-order valence-electron chi connectivity index (χ3n) is 5.91. The topological polar surface area (TPSA) is 89.3 Å². The van der Waals surface area contributed by atoms with E-state index in [0.717, 1.165) is 18.7 Å². The fourth-order valence-electron chi connectivity index (χ4n) is 4.19. The lowest BCUT2D eigenvalue weighted by Gasteiger charge is -2.36. The fourth-order valence-corrected chi connectivity index (χ4v) is 4.19. The highest BCUT2D eigenvalue weighted by Crippen LogP contribution is 2.28. The molecule has 1 N–H and O–H groups in total. The molecule has 8 nitrogen and oxygen atoms in total. The number of hydrogen-bond donors (Lipinski definition) is 1. The Bertz CT molecular complexity index is 924. The van der Waals surface area contributed by atoms with Crippen LogP contribution in [0.5, 0.6) is 5.75 Å². The number of carbonyl (C=O) groups excluding carboxylic acids is 2. The van der Waals surface area contributed by atoms with Crippen LogP contribution in [0.4, 0.5) is 0 Å². The second kappa shape index (κ2) is 10.6. The molecule has 0 radical (unpaired) electrons. The summed E-state index contributed by atoms with van der Waals surface area (Å²) in [5, 5.41) is 11.4. The second-order valence-electron chi connectivity index (χ2n) is 8.94. The summed E-state index contributed by atoms with van der Waals surface area (Å²) < 4.78 is 7.67. The molecule has 2 aromatic rings. The van der Waals surface area contributed by atoms with Gasteiger partial charge in [0.15, 0.2) is 0 Å². The first-order valence-corrected chi connectivity index (χ1v) is 11.5. The maximum absolute atomic E-state index is 13.5. The van der Waals surface area contributed by atoms with Gasteiger partial charge >= 0.3 is 0 Å². The highest BCUT2D eigenvalue weighted by molar-refractivity contribution is 5.99. The Morgan fingerprint density at radius 2 is 1.97 bits per heavy atom. The van der Waals surface area contributed by atoms with Crippen molar-refractivity contribution >= 4 is 11.8 Å². The van der Waals surface area contributed by atoms with Gasteiger partial charge in [0.1, 0.15) is 23.9 Å². The summed E-state index contributed by atoms with van der Waals surface area (Å²) in [5.41, 5.74) is 0.439. The smallest absolute Gasteiger partial charge is 0.255 e. The van der Waals surface area contributed by atoms with E-state index in [2.05, 4.69) is 33.9 Å². The van der Waals surface area contributed by atoms with E-state index in [1.165, 1.54) is 0 Å². The minimum atomic E-state index is -0.612. The summed E-state index contributed by atoms with van der Waals surface area (Å²) in [6.45, 7) is 11.7. The van der Waals surface area contributed by atoms with E-state index in [9.17, 15) is 9.59 Å². The lowest BCUT2D eigenvalue weighted by Crippen LogP contribution is -2.53. The lowest BCUT2D eigenvalue weighted by molar-refractivity contribution is -0.135. The number of nitrogens with zero attached hydrogens (tertiary/aromatic N) is 4. The van der Waals surface area contributed by atoms with Crippen LogP contribution in [0.3, 0.4) is 0 Å². The standard InChI is InChI=1S/C24H35N5O3/c1-6-32-20-12-8-7-11-19(20)23(30)26-21(16(2)3)24(31)28-13-9-10-18(14-28)22-27-25-15-29(22)17(4)5/h7-8,11-12,15-18,21H,6,9-10,13-14H2,1-5H3,(H,26,30). The summed E-state index contributed by atoms with van der Waals surface area (Å²) in [7, 11) is 0. The Balaban J connectivity index is 1.75. The number of nitrogens with one attached hydrogen (secondary N) is 1. The Labute approximate surface area is 190 Å². The molecule has 2 atom stereocenters. The summed E-state index contributed by atoms with van der Waals surface area (Å²) in [4.78, 5) is 28.4. The average Bonchev–Trinajstić information content (AvgIpc) is 3.28. The molecule has 0 bridgehead atoms. The van der Waals surface area contributed by atoms with Gasteiger partial charge in [0.05, 0.1) is 12.2 Å². The Hall–Kier alpha value is -2.90. The highest BCUT2D eigenvalue weighted by Gasteiger charge is 2.34. The molecule has 1 aromatic heterocycles. The van der Waals surface area contributed by atoms with E-state index in [4.69, 9.17) is 4.74 Å². The average molecular weight is 442 g/mol. The second-order valence-corrected chi connectivity index (χ2v) is 8.94. The van der Waals surface area contributed by atoms with Crippen LogP contribution in [-0.4, -0.2) is 57.2 Å². The summed E-state index contributed by atoms with van der Waals surface area (Å²) in [5.74, 6) is 1.18.